The van der Waals surface area contributed by atoms with Crippen molar-refractivity contribution in [2.24, 2.45) is 0 Å². The van der Waals surface area contributed by atoms with Crippen LogP contribution in [-0.4, -0.2) is 43.9 Å². The molecule has 1 fully saturated rings. The van der Waals surface area contributed by atoms with Crippen molar-refractivity contribution < 1.29 is 4.79 Å². The second kappa shape index (κ2) is 6.74. The Kier molecular flexibility index (Phi) is 4.71. The number of hydrogen-bond donors (Lipinski definition) is 0. The zero-order chi connectivity index (χ0) is 16.4. The number of likely N-dealkylation sites (tertiary alicyclic amines) is 1. The lowest BCUT2D eigenvalue weighted by atomic mass is 10.1. The van der Waals surface area contributed by atoms with Crippen molar-refractivity contribution in [2.45, 2.75) is 44.0 Å². The number of aryl methyl sites for hydroxylation is 2. The second-order valence-corrected chi connectivity index (χ2v) is 7.37. The van der Waals surface area contributed by atoms with Gasteiger partial charge in [-0.1, -0.05) is 29.5 Å². The quantitative estimate of drug-likeness (QED) is 0.809. The minimum Gasteiger partial charge on any atom is -0.342 e. The van der Waals surface area contributed by atoms with Crippen molar-refractivity contribution in [1.29, 1.82) is 0 Å². The van der Waals surface area contributed by atoms with Crippen LogP contribution >= 0.6 is 11.8 Å². The molecule has 1 amide bonds. The average molecular weight is 330 g/mol. The van der Waals surface area contributed by atoms with Gasteiger partial charge in [0.1, 0.15) is 6.33 Å². The lowest BCUT2D eigenvalue weighted by molar-refractivity contribution is -0.129. The number of benzene rings is 1. The zero-order valence-corrected chi connectivity index (χ0v) is 14.6. The summed E-state index contributed by atoms with van der Waals surface area (Å²) < 4.78 is 1.97. The van der Waals surface area contributed by atoms with E-state index in [2.05, 4.69) is 42.2 Å². The van der Waals surface area contributed by atoms with E-state index in [0.29, 0.717) is 0 Å². The van der Waals surface area contributed by atoms with Crippen LogP contribution in [0.25, 0.3) is 5.69 Å². The van der Waals surface area contributed by atoms with Gasteiger partial charge < -0.3 is 4.90 Å². The highest BCUT2D eigenvalue weighted by molar-refractivity contribution is 8.00. The second-order valence-electron chi connectivity index (χ2n) is 6.07. The summed E-state index contributed by atoms with van der Waals surface area (Å²) in [6, 6.07) is 6.29. The molecule has 1 unspecified atom stereocenters. The number of rotatable bonds is 4. The Morgan fingerprint density at radius 2 is 2.00 bits per heavy atom. The maximum Gasteiger partial charge on any atom is 0.235 e. The first-order chi connectivity index (χ1) is 11.1. The van der Waals surface area contributed by atoms with Gasteiger partial charge in [-0.25, -0.2) is 0 Å². The van der Waals surface area contributed by atoms with Crippen LogP contribution in [0.1, 0.15) is 30.9 Å². The molecule has 1 aromatic carbocycles. The molecule has 1 saturated heterocycles. The molecule has 1 aromatic heterocycles. The first kappa shape index (κ1) is 16.1. The normalized spacial score (nSPS) is 15.9. The Bertz CT molecular complexity index is 706. The average Bonchev–Trinajstić information content (AvgIpc) is 3.18. The number of amides is 1. The van der Waals surface area contributed by atoms with E-state index >= 15 is 0 Å². The lowest BCUT2D eigenvalue weighted by Gasteiger charge is -2.20. The van der Waals surface area contributed by atoms with E-state index in [4.69, 9.17) is 0 Å². The molecule has 3 rings (SSSR count). The van der Waals surface area contributed by atoms with Crippen LogP contribution in [0.15, 0.2) is 29.7 Å². The van der Waals surface area contributed by atoms with Gasteiger partial charge in [-0.2, -0.15) is 0 Å². The highest BCUT2D eigenvalue weighted by Gasteiger charge is 2.25. The molecule has 2 aromatic rings. The fourth-order valence-corrected chi connectivity index (χ4v) is 3.87. The fraction of sp³-hybridized carbons (Fsp3) is 0.471. The summed E-state index contributed by atoms with van der Waals surface area (Å²) in [5.41, 5.74) is 3.46. The molecule has 1 aliphatic heterocycles. The van der Waals surface area contributed by atoms with Gasteiger partial charge in [-0.05, 0) is 45.2 Å². The standard InChI is InChI=1S/C17H22N4OS/c1-12-6-7-15(13(2)10-12)21-11-18-19-17(21)23-14(3)16(22)20-8-4-5-9-20/h6-7,10-11,14H,4-5,8-9H2,1-3H3. The molecule has 0 spiro atoms. The van der Waals surface area contributed by atoms with Crippen LogP contribution < -0.4 is 0 Å². The highest BCUT2D eigenvalue weighted by atomic mass is 32.2. The van der Waals surface area contributed by atoms with Crippen LogP contribution in [0.5, 0.6) is 0 Å². The minimum atomic E-state index is -0.151. The van der Waals surface area contributed by atoms with Crippen molar-refractivity contribution in [3.63, 3.8) is 0 Å². The summed E-state index contributed by atoms with van der Waals surface area (Å²) in [6.45, 7) is 7.87. The SMILES string of the molecule is Cc1ccc(-n2cnnc2SC(C)C(=O)N2CCCC2)c(C)c1. The molecule has 6 heteroatoms. The maximum atomic E-state index is 12.5. The van der Waals surface area contributed by atoms with Gasteiger partial charge in [-0.15, -0.1) is 10.2 Å². The number of thioether (sulfide) groups is 1. The van der Waals surface area contributed by atoms with Crippen molar-refractivity contribution in [3.05, 3.63) is 35.7 Å². The highest BCUT2D eigenvalue weighted by Crippen LogP contribution is 2.27. The van der Waals surface area contributed by atoms with E-state index in [0.717, 1.165) is 36.8 Å². The van der Waals surface area contributed by atoms with Crippen LogP contribution in [0.4, 0.5) is 0 Å². The molecule has 5 nitrogen and oxygen atoms in total. The van der Waals surface area contributed by atoms with E-state index in [9.17, 15) is 4.79 Å². The molecule has 1 atom stereocenters. The van der Waals surface area contributed by atoms with E-state index in [1.54, 1.807) is 6.33 Å². The zero-order valence-electron chi connectivity index (χ0n) is 13.8. The molecule has 0 N–H and O–H groups in total. The summed E-state index contributed by atoms with van der Waals surface area (Å²) in [4.78, 5) is 14.4. The Morgan fingerprint density at radius 1 is 1.26 bits per heavy atom. The van der Waals surface area contributed by atoms with E-state index < -0.39 is 0 Å². The van der Waals surface area contributed by atoms with Crippen LogP contribution in [0.3, 0.4) is 0 Å². The molecule has 122 valence electrons. The third-order valence-corrected chi connectivity index (χ3v) is 5.22. The first-order valence-corrected chi connectivity index (χ1v) is 8.87. The Labute approximate surface area is 141 Å². The van der Waals surface area contributed by atoms with Crippen molar-refractivity contribution >= 4 is 17.7 Å². The van der Waals surface area contributed by atoms with Gasteiger partial charge >= 0.3 is 0 Å². The van der Waals surface area contributed by atoms with Crippen LogP contribution in [0.2, 0.25) is 0 Å². The third-order valence-electron chi connectivity index (χ3n) is 4.18. The summed E-state index contributed by atoms with van der Waals surface area (Å²) in [5, 5.41) is 8.86. The number of carbonyl (C=O) groups excluding carboxylic acids is 1. The molecule has 0 radical (unpaired) electrons. The molecule has 1 aliphatic rings. The molecular formula is C17H22N4OS. The Hall–Kier alpha value is -1.82. The van der Waals surface area contributed by atoms with Gasteiger partial charge in [0.2, 0.25) is 5.91 Å². The topological polar surface area (TPSA) is 51.0 Å². The van der Waals surface area contributed by atoms with Gasteiger partial charge in [0.15, 0.2) is 5.16 Å². The molecular weight excluding hydrogens is 308 g/mol. The monoisotopic (exact) mass is 330 g/mol. The van der Waals surface area contributed by atoms with Crippen molar-refractivity contribution in [1.82, 2.24) is 19.7 Å². The van der Waals surface area contributed by atoms with Gasteiger partial charge in [0.25, 0.3) is 0 Å². The molecule has 2 heterocycles. The Morgan fingerprint density at radius 3 is 2.70 bits per heavy atom. The minimum absolute atomic E-state index is 0.151. The van der Waals surface area contributed by atoms with Crippen LogP contribution in [0, 0.1) is 13.8 Å². The molecule has 23 heavy (non-hydrogen) atoms. The maximum absolute atomic E-state index is 12.5. The van der Waals surface area contributed by atoms with Gasteiger partial charge in [0, 0.05) is 13.1 Å². The number of hydrogen-bond acceptors (Lipinski definition) is 4. The van der Waals surface area contributed by atoms with E-state index in [1.807, 2.05) is 16.4 Å². The predicted molar refractivity (Wildman–Crippen MR) is 92.0 cm³/mol. The van der Waals surface area contributed by atoms with Crippen molar-refractivity contribution in [2.75, 3.05) is 13.1 Å². The summed E-state index contributed by atoms with van der Waals surface area (Å²) in [5.74, 6) is 0.197. The number of carbonyl (C=O) groups is 1. The molecule has 0 bridgehead atoms. The van der Waals surface area contributed by atoms with Crippen LogP contribution in [-0.2, 0) is 4.79 Å². The summed E-state index contributed by atoms with van der Waals surface area (Å²) >= 11 is 1.48. The summed E-state index contributed by atoms with van der Waals surface area (Å²) in [6.07, 6.45) is 3.94. The molecule has 0 aliphatic carbocycles. The van der Waals surface area contributed by atoms with Gasteiger partial charge in [-0.3, -0.25) is 9.36 Å². The predicted octanol–water partition coefficient (Wildman–Crippen LogP) is 2.99. The molecule has 0 saturated carbocycles. The van der Waals surface area contributed by atoms with Gasteiger partial charge in [0.05, 0.1) is 10.9 Å². The first-order valence-electron chi connectivity index (χ1n) is 7.99. The smallest absolute Gasteiger partial charge is 0.235 e. The number of nitrogens with zero attached hydrogens (tertiary/aromatic N) is 4. The van der Waals surface area contributed by atoms with E-state index in [-0.39, 0.29) is 11.2 Å². The van der Waals surface area contributed by atoms with E-state index in [1.165, 1.54) is 22.9 Å². The fourth-order valence-electron chi connectivity index (χ4n) is 2.95. The summed E-state index contributed by atoms with van der Waals surface area (Å²) in [7, 11) is 0. The largest absolute Gasteiger partial charge is 0.342 e. The van der Waals surface area contributed by atoms with Crippen molar-refractivity contribution in [3.8, 4) is 5.69 Å². The number of aromatic nitrogens is 3. The lowest BCUT2D eigenvalue weighted by Crippen LogP contribution is -2.34. The Balaban J connectivity index is 1.79. The third kappa shape index (κ3) is 3.42.